The molecule has 2 aromatic heterocycles. The van der Waals surface area contributed by atoms with Crippen molar-refractivity contribution in [1.82, 2.24) is 14.8 Å². The molecule has 2 rings (SSSR count). The summed E-state index contributed by atoms with van der Waals surface area (Å²) in [5.74, 6) is 0.503. The Labute approximate surface area is 109 Å². The van der Waals surface area contributed by atoms with Crippen LogP contribution in [0.5, 0.6) is 0 Å². The van der Waals surface area contributed by atoms with E-state index in [1.807, 2.05) is 19.2 Å². The summed E-state index contributed by atoms with van der Waals surface area (Å²) in [6.45, 7) is 0. The summed E-state index contributed by atoms with van der Waals surface area (Å²) in [5.41, 5.74) is 0. The number of nitrogens with zero attached hydrogens (tertiary/aromatic N) is 3. The number of ketones is 1. The Kier molecular flexibility index (Phi) is 3.78. The molecule has 0 spiro atoms. The molecule has 0 N–H and O–H groups in total. The van der Waals surface area contributed by atoms with Crippen molar-refractivity contribution in [2.45, 2.75) is 5.16 Å². The topological polar surface area (TPSA) is 47.8 Å². The number of halogens is 1. The summed E-state index contributed by atoms with van der Waals surface area (Å²) < 4.78 is 2.77. The summed E-state index contributed by atoms with van der Waals surface area (Å²) in [6, 6.07) is 3.71. The predicted octanol–water partition coefficient (Wildman–Crippen LogP) is 2.61. The zero-order valence-corrected chi connectivity index (χ0v) is 11.6. The average molecular weight is 318 g/mol. The Morgan fingerprint density at radius 3 is 3.00 bits per heavy atom. The van der Waals surface area contributed by atoms with Crippen LogP contribution in [-0.4, -0.2) is 26.3 Å². The highest BCUT2D eigenvalue weighted by Crippen LogP contribution is 2.24. The molecule has 7 heteroatoms. The number of carbonyl (C=O) groups excluding carboxylic acids is 1. The molecule has 4 nitrogen and oxygen atoms in total. The van der Waals surface area contributed by atoms with E-state index in [1.54, 1.807) is 10.9 Å². The van der Waals surface area contributed by atoms with Crippen LogP contribution in [0.3, 0.4) is 0 Å². The third-order valence-electron chi connectivity index (χ3n) is 1.85. The van der Waals surface area contributed by atoms with E-state index < -0.39 is 0 Å². The van der Waals surface area contributed by atoms with Gasteiger partial charge in [-0.05, 0) is 28.1 Å². The normalized spacial score (nSPS) is 10.6. The summed E-state index contributed by atoms with van der Waals surface area (Å²) >= 11 is 6.18. The fourth-order valence-corrected chi connectivity index (χ4v) is 3.25. The van der Waals surface area contributed by atoms with Crippen LogP contribution in [0.15, 0.2) is 27.4 Å². The molecular formula is C9H8BrN3OS2. The van der Waals surface area contributed by atoms with Crippen LogP contribution >= 0.6 is 39.0 Å². The number of thiophene rings is 1. The first kappa shape index (κ1) is 11.8. The van der Waals surface area contributed by atoms with Crippen molar-refractivity contribution >= 4 is 44.8 Å². The molecule has 0 aliphatic heterocycles. The first-order chi connectivity index (χ1) is 7.66. The third kappa shape index (κ3) is 2.72. The van der Waals surface area contributed by atoms with E-state index in [4.69, 9.17) is 0 Å². The van der Waals surface area contributed by atoms with Crippen molar-refractivity contribution in [3.63, 3.8) is 0 Å². The maximum absolute atomic E-state index is 11.8. The second-order valence-electron chi connectivity index (χ2n) is 3.04. The molecule has 0 aliphatic rings. The van der Waals surface area contributed by atoms with Gasteiger partial charge in [0.15, 0.2) is 10.9 Å². The number of hydrogen-bond acceptors (Lipinski definition) is 5. The zero-order valence-electron chi connectivity index (χ0n) is 8.38. The highest BCUT2D eigenvalue weighted by molar-refractivity contribution is 9.11. The van der Waals surface area contributed by atoms with E-state index >= 15 is 0 Å². The fourth-order valence-electron chi connectivity index (χ4n) is 1.07. The lowest BCUT2D eigenvalue weighted by molar-refractivity contribution is 0.102. The van der Waals surface area contributed by atoms with Crippen LogP contribution < -0.4 is 0 Å². The van der Waals surface area contributed by atoms with Gasteiger partial charge in [-0.1, -0.05) is 11.8 Å². The Bertz CT molecular complexity index is 508. The lowest BCUT2D eigenvalue weighted by atomic mass is 10.4. The predicted molar refractivity (Wildman–Crippen MR) is 68.1 cm³/mol. The quantitative estimate of drug-likeness (QED) is 0.642. The van der Waals surface area contributed by atoms with Crippen molar-refractivity contribution in [2.75, 3.05) is 5.75 Å². The smallest absolute Gasteiger partial charge is 0.191 e. The maximum atomic E-state index is 11.8. The number of aryl methyl sites for hydroxylation is 1. The van der Waals surface area contributed by atoms with Gasteiger partial charge in [0.25, 0.3) is 0 Å². The molecule has 2 heterocycles. The van der Waals surface area contributed by atoms with Gasteiger partial charge in [0.05, 0.1) is 14.4 Å². The SMILES string of the molecule is Cn1cnnc1SCC(=O)c1ccc(Br)s1. The van der Waals surface area contributed by atoms with Crippen molar-refractivity contribution < 1.29 is 4.79 Å². The lowest BCUT2D eigenvalue weighted by Gasteiger charge is -1.98. The van der Waals surface area contributed by atoms with E-state index in [1.165, 1.54) is 23.1 Å². The van der Waals surface area contributed by atoms with Crippen LogP contribution in [0, 0.1) is 0 Å². The van der Waals surface area contributed by atoms with Gasteiger partial charge < -0.3 is 4.57 Å². The van der Waals surface area contributed by atoms with Gasteiger partial charge in [-0.25, -0.2) is 0 Å². The molecule has 0 fully saturated rings. The number of aromatic nitrogens is 3. The molecule has 0 atom stereocenters. The second-order valence-corrected chi connectivity index (χ2v) is 6.45. The van der Waals surface area contributed by atoms with E-state index in [9.17, 15) is 4.79 Å². The molecule has 0 bridgehead atoms. The number of carbonyl (C=O) groups is 1. The van der Waals surface area contributed by atoms with Crippen LogP contribution in [0.2, 0.25) is 0 Å². The van der Waals surface area contributed by atoms with Gasteiger partial charge in [-0.2, -0.15) is 0 Å². The molecule has 0 aromatic carbocycles. The lowest BCUT2D eigenvalue weighted by Crippen LogP contribution is -2.01. The molecule has 16 heavy (non-hydrogen) atoms. The molecule has 0 saturated carbocycles. The number of rotatable bonds is 4. The number of thioether (sulfide) groups is 1. The minimum absolute atomic E-state index is 0.115. The van der Waals surface area contributed by atoms with Gasteiger partial charge in [0.1, 0.15) is 6.33 Å². The minimum atomic E-state index is 0.115. The third-order valence-corrected chi connectivity index (χ3v) is 4.55. The van der Waals surface area contributed by atoms with E-state index in [0.717, 1.165) is 13.8 Å². The van der Waals surface area contributed by atoms with Crippen molar-refractivity contribution in [3.8, 4) is 0 Å². The van der Waals surface area contributed by atoms with E-state index in [2.05, 4.69) is 26.1 Å². The molecule has 0 radical (unpaired) electrons. The fraction of sp³-hybridized carbons (Fsp3) is 0.222. The molecule has 84 valence electrons. The highest BCUT2D eigenvalue weighted by Gasteiger charge is 2.11. The molecule has 0 amide bonds. The minimum Gasteiger partial charge on any atom is -0.312 e. The van der Waals surface area contributed by atoms with Gasteiger partial charge >= 0.3 is 0 Å². The molecule has 0 unspecified atom stereocenters. The van der Waals surface area contributed by atoms with Crippen molar-refractivity contribution in [2.24, 2.45) is 7.05 Å². The first-order valence-electron chi connectivity index (χ1n) is 4.42. The van der Waals surface area contributed by atoms with Crippen molar-refractivity contribution in [3.05, 3.63) is 27.1 Å². The number of Topliss-reactive ketones (excluding diaryl/α,β-unsaturated/α-hetero) is 1. The van der Waals surface area contributed by atoms with Gasteiger partial charge in [-0.15, -0.1) is 21.5 Å². The van der Waals surface area contributed by atoms with Gasteiger partial charge in [-0.3, -0.25) is 4.79 Å². The van der Waals surface area contributed by atoms with Crippen LogP contribution in [0.1, 0.15) is 9.67 Å². The van der Waals surface area contributed by atoms with E-state index in [-0.39, 0.29) is 5.78 Å². The Morgan fingerprint density at radius 1 is 1.62 bits per heavy atom. The summed E-state index contributed by atoms with van der Waals surface area (Å²) in [7, 11) is 1.86. The molecule has 0 aliphatic carbocycles. The largest absolute Gasteiger partial charge is 0.312 e. The zero-order chi connectivity index (χ0) is 11.5. The summed E-state index contributed by atoms with van der Waals surface area (Å²) in [5, 5.41) is 8.41. The average Bonchev–Trinajstić information content (AvgIpc) is 2.84. The van der Waals surface area contributed by atoms with Gasteiger partial charge in [0, 0.05) is 7.05 Å². The monoisotopic (exact) mass is 317 g/mol. The Morgan fingerprint density at radius 2 is 2.44 bits per heavy atom. The Balaban J connectivity index is 1.96. The standard InChI is InChI=1S/C9H8BrN3OS2/c1-13-5-11-12-9(13)15-4-6(14)7-2-3-8(10)16-7/h2-3,5H,4H2,1H3. The highest BCUT2D eigenvalue weighted by atomic mass is 79.9. The van der Waals surface area contributed by atoms with E-state index in [0.29, 0.717) is 5.75 Å². The maximum Gasteiger partial charge on any atom is 0.191 e. The van der Waals surface area contributed by atoms with Crippen molar-refractivity contribution in [1.29, 1.82) is 0 Å². The van der Waals surface area contributed by atoms with Crippen LogP contribution in [0.25, 0.3) is 0 Å². The summed E-state index contributed by atoms with van der Waals surface area (Å²) in [6.07, 6.45) is 1.62. The molecule has 2 aromatic rings. The second kappa shape index (κ2) is 5.11. The molecule has 0 saturated heterocycles. The van der Waals surface area contributed by atoms with Crippen LogP contribution in [-0.2, 0) is 7.05 Å². The van der Waals surface area contributed by atoms with Crippen LogP contribution in [0.4, 0.5) is 0 Å². The molecular weight excluding hydrogens is 310 g/mol. The summed E-state index contributed by atoms with van der Waals surface area (Å²) in [4.78, 5) is 12.5. The van der Waals surface area contributed by atoms with Gasteiger partial charge in [0.2, 0.25) is 0 Å². The first-order valence-corrected chi connectivity index (χ1v) is 7.01. The Hall–Kier alpha value is -0.660. The number of hydrogen-bond donors (Lipinski definition) is 0.